The van der Waals surface area contributed by atoms with Gasteiger partial charge in [-0.15, -0.1) is 0 Å². The number of hydrogen-bond donors (Lipinski definition) is 0. The van der Waals surface area contributed by atoms with Gasteiger partial charge in [0.1, 0.15) is 0 Å². The Hall–Kier alpha value is -1.45. The van der Waals surface area contributed by atoms with E-state index in [0.717, 1.165) is 4.57 Å². The minimum atomic E-state index is -0.608. The quantitative estimate of drug-likeness (QED) is 0.704. The maximum Gasteiger partial charge on any atom is 0.420 e. The Morgan fingerprint density at radius 3 is 2.77 bits per heavy atom. The molecule has 0 bridgehead atoms. The van der Waals surface area contributed by atoms with E-state index in [9.17, 15) is 9.90 Å². The highest BCUT2D eigenvalue weighted by molar-refractivity contribution is 5.72. The Bertz CT molecular complexity index is 291. The first kappa shape index (κ1) is 9.64. The highest BCUT2D eigenvalue weighted by Gasteiger charge is 2.10. The summed E-state index contributed by atoms with van der Waals surface area (Å²) in [6.07, 6.45) is 0.786. The summed E-state index contributed by atoms with van der Waals surface area (Å²) in [4.78, 5) is 11.2. The van der Waals surface area contributed by atoms with Crippen LogP contribution in [-0.2, 0) is 9.84 Å². The van der Waals surface area contributed by atoms with Gasteiger partial charge >= 0.3 is 6.09 Å². The Balaban J connectivity index is 2.54. The van der Waals surface area contributed by atoms with Crippen molar-refractivity contribution < 1.29 is 14.6 Å². The van der Waals surface area contributed by atoms with Gasteiger partial charge in [-0.25, -0.2) is 9.36 Å². The molecule has 0 fully saturated rings. The third-order valence-electron chi connectivity index (χ3n) is 1.45. The summed E-state index contributed by atoms with van der Waals surface area (Å²) in [6, 6.07) is 2.83. The van der Waals surface area contributed by atoms with Gasteiger partial charge in [0.25, 0.3) is 5.88 Å². The van der Waals surface area contributed by atoms with Crippen molar-refractivity contribution in [2.75, 3.05) is 6.61 Å². The van der Waals surface area contributed by atoms with Crippen LogP contribution >= 0.6 is 0 Å². The molecule has 0 aliphatic carbocycles. The Labute approximate surface area is 76.7 Å². The summed E-state index contributed by atoms with van der Waals surface area (Å²) in [5.74, 6) is -0.0802. The SMILES string of the molecule is CC(C)COC(=O)n1cccc1[O]. The molecule has 4 heteroatoms. The highest BCUT2D eigenvalue weighted by atomic mass is 16.6. The molecule has 0 N–H and O–H groups in total. The predicted octanol–water partition coefficient (Wildman–Crippen LogP) is 2.27. The van der Waals surface area contributed by atoms with Gasteiger partial charge in [0.05, 0.1) is 6.61 Å². The predicted molar refractivity (Wildman–Crippen MR) is 46.1 cm³/mol. The van der Waals surface area contributed by atoms with E-state index in [2.05, 4.69) is 0 Å². The first-order valence-corrected chi connectivity index (χ1v) is 4.12. The molecule has 0 spiro atoms. The molecule has 0 aliphatic heterocycles. The molecular weight excluding hydrogens is 170 g/mol. The third kappa shape index (κ3) is 2.50. The molecule has 0 saturated heterocycles. The highest BCUT2D eigenvalue weighted by Crippen LogP contribution is 2.10. The normalized spacial score (nSPS) is 10.4. The van der Waals surface area contributed by atoms with Crippen molar-refractivity contribution in [2.45, 2.75) is 13.8 Å². The fourth-order valence-electron chi connectivity index (χ4n) is 0.824. The lowest BCUT2D eigenvalue weighted by atomic mass is 10.2. The first-order valence-electron chi connectivity index (χ1n) is 4.12. The van der Waals surface area contributed by atoms with Gasteiger partial charge in [0.2, 0.25) is 0 Å². The van der Waals surface area contributed by atoms with Gasteiger partial charge in [-0.1, -0.05) is 13.8 Å². The Morgan fingerprint density at radius 2 is 2.31 bits per heavy atom. The van der Waals surface area contributed by atoms with Crippen LogP contribution < -0.4 is 0 Å². The molecular formula is C9H12NO3. The minimum Gasteiger partial charge on any atom is -0.449 e. The van der Waals surface area contributed by atoms with E-state index in [1.165, 1.54) is 18.3 Å². The van der Waals surface area contributed by atoms with E-state index in [4.69, 9.17) is 4.74 Å². The van der Waals surface area contributed by atoms with Gasteiger partial charge in [-0.3, -0.25) is 5.11 Å². The Morgan fingerprint density at radius 1 is 1.62 bits per heavy atom. The average Bonchev–Trinajstić information content (AvgIpc) is 2.47. The van der Waals surface area contributed by atoms with Crippen LogP contribution in [-0.4, -0.2) is 17.3 Å². The van der Waals surface area contributed by atoms with Gasteiger partial charge < -0.3 is 4.74 Å². The number of rotatable bonds is 2. The third-order valence-corrected chi connectivity index (χ3v) is 1.45. The molecule has 1 aromatic rings. The maximum absolute atomic E-state index is 11.2. The number of carbonyl (C=O) groups is 1. The van der Waals surface area contributed by atoms with Gasteiger partial charge in [0, 0.05) is 12.3 Å². The largest absolute Gasteiger partial charge is 0.449 e. The van der Waals surface area contributed by atoms with E-state index in [1.54, 1.807) is 0 Å². The molecule has 0 aliphatic rings. The fraction of sp³-hybridized carbons (Fsp3) is 0.444. The van der Waals surface area contributed by atoms with Crippen LogP contribution in [0, 0.1) is 5.92 Å². The zero-order valence-corrected chi connectivity index (χ0v) is 7.69. The lowest BCUT2D eigenvalue weighted by molar-refractivity contribution is 0.130. The molecule has 0 saturated carbocycles. The number of hydrogen-bond acceptors (Lipinski definition) is 2. The second-order valence-electron chi connectivity index (χ2n) is 3.19. The molecule has 1 radical (unpaired) electrons. The van der Waals surface area contributed by atoms with Crippen molar-refractivity contribution in [2.24, 2.45) is 5.92 Å². The van der Waals surface area contributed by atoms with Crippen molar-refractivity contribution >= 4 is 6.09 Å². The molecule has 71 valence electrons. The lowest BCUT2D eigenvalue weighted by Crippen LogP contribution is -2.15. The standard InChI is InChI=1S/C9H12NO3/c1-7(2)6-13-9(12)10-5-3-4-8(10)11/h3-5,7H,6H2,1-2H3. The number of nitrogens with zero attached hydrogens (tertiary/aromatic N) is 1. The second kappa shape index (κ2) is 3.98. The van der Waals surface area contributed by atoms with Crippen molar-refractivity contribution in [1.82, 2.24) is 4.57 Å². The van der Waals surface area contributed by atoms with Crippen molar-refractivity contribution in [3.05, 3.63) is 18.3 Å². The summed E-state index contributed by atoms with van der Waals surface area (Å²) in [7, 11) is 0. The monoisotopic (exact) mass is 182 g/mol. The zero-order chi connectivity index (χ0) is 9.84. The van der Waals surface area contributed by atoms with Crippen LogP contribution in [0.5, 0.6) is 5.88 Å². The summed E-state index contributed by atoms with van der Waals surface area (Å²) in [6.45, 7) is 4.19. The summed E-state index contributed by atoms with van der Waals surface area (Å²) < 4.78 is 5.80. The van der Waals surface area contributed by atoms with Crippen LogP contribution in [0.25, 0.3) is 0 Å². The van der Waals surface area contributed by atoms with Crippen LogP contribution in [0.2, 0.25) is 0 Å². The van der Waals surface area contributed by atoms with Crippen LogP contribution in [0.4, 0.5) is 4.79 Å². The molecule has 1 heterocycles. The molecule has 0 atom stereocenters. The molecule has 1 rings (SSSR count). The molecule has 0 unspecified atom stereocenters. The summed E-state index contributed by atoms with van der Waals surface area (Å²) in [5.41, 5.74) is 0. The maximum atomic E-state index is 11.2. The van der Waals surface area contributed by atoms with Crippen molar-refractivity contribution in [3.8, 4) is 5.88 Å². The van der Waals surface area contributed by atoms with Crippen LogP contribution in [0.1, 0.15) is 13.8 Å². The van der Waals surface area contributed by atoms with E-state index in [0.29, 0.717) is 6.61 Å². The molecule has 4 nitrogen and oxygen atoms in total. The number of aromatic nitrogens is 1. The summed E-state index contributed by atoms with van der Waals surface area (Å²) in [5, 5.41) is 11.0. The van der Waals surface area contributed by atoms with Gasteiger partial charge in [0.15, 0.2) is 0 Å². The van der Waals surface area contributed by atoms with E-state index in [1.807, 2.05) is 13.8 Å². The van der Waals surface area contributed by atoms with Gasteiger partial charge in [-0.05, 0) is 12.0 Å². The first-order chi connectivity index (χ1) is 6.11. The van der Waals surface area contributed by atoms with Crippen molar-refractivity contribution in [1.29, 1.82) is 0 Å². The van der Waals surface area contributed by atoms with Crippen LogP contribution in [0.3, 0.4) is 0 Å². The summed E-state index contributed by atoms with van der Waals surface area (Å²) >= 11 is 0. The molecule has 13 heavy (non-hydrogen) atoms. The fourth-order valence-corrected chi connectivity index (χ4v) is 0.824. The Kier molecular flexibility index (Phi) is 2.95. The second-order valence-corrected chi connectivity index (χ2v) is 3.19. The van der Waals surface area contributed by atoms with Crippen molar-refractivity contribution in [3.63, 3.8) is 0 Å². The van der Waals surface area contributed by atoms with Gasteiger partial charge in [-0.2, -0.15) is 0 Å². The zero-order valence-electron chi connectivity index (χ0n) is 7.69. The van der Waals surface area contributed by atoms with E-state index in [-0.39, 0.29) is 11.8 Å². The topological polar surface area (TPSA) is 51.1 Å². The minimum absolute atomic E-state index is 0.273. The number of ether oxygens (including phenoxy) is 1. The number of carbonyl (C=O) groups excluding carboxylic acids is 1. The molecule has 0 amide bonds. The van der Waals surface area contributed by atoms with E-state index >= 15 is 0 Å². The lowest BCUT2D eigenvalue weighted by Gasteiger charge is -2.06. The van der Waals surface area contributed by atoms with E-state index < -0.39 is 6.09 Å². The molecule has 1 aromatic heterocycles. The molecule has 0 aromatic carbocycles. The smallest absolute Gasteiger partial charge is 0.420 e. The van der Waals surface area contributed by atoms with Crippen LogP contribution in [0.15, 0.2) is 18.3 Å². The average molecular weight is 182 g/mol.